The highest BCUT2D eigenvalue weighted by atomic mass is 16.7. The fraction of sp³-hybridized carbons (Fsp3) is 0.767. The molecule has 0 spiro atoms. The highest BCUT2D eigenvalue weighted by Crippen LogP contribution is 2.39. The number of carbonyl (C=O) groups is 4. The second-order valence-electron chi connectivity index (χ2n) is 16.6. The summed E-state index contributed by atoms with van der Waals surface area (Å²) in [5.41, 5.74) is 1.61. The number of hydrogen-bond acceptors (Lipinski definition) is 12. The summed E-state index contributed by atoms with van der Waals surface area (Å²) in [6, 6.07) is -1.14. The molecule has 4 aliphatic rings. The van der Waals surface area contributed by atoms with Gasteiger partial charge in [-0.25, -0.2) is 4.79 Å². The van der Waals surface area contributed by atoms with Crippen LogP contribution >= 0.6 is 0 Å². The van der Waals surface area contributed by atoms with E-state index in [0.717, 1.165) is 5.57 Å². The van der Waals surface area contributed by atoms with Crippen molar-refractivity contribution in [1.29, 1.82) is 0 Å². The van der Waals surface area contributed by atoms with Gasteiger partial charge in [-0.1, -0.05) is 37.6 Å². The number of aliphatic hydroxyl groups excluding tert-OH is 2. The number of methoxy groups -OCH3 is 3. The van der Waals surface area contributed by atoms with E-state index >= 15 is 0 Å². The largest absolute Gasteiger partial charge is 0.456 e. The third kappa shape index (κ3) is 10.8. The Morgan fingerprint density at radius 2 is 1.64 bits per heavy atom. The van der Waals surface area contributed by atoms with E-state index in [1.807, 2.05) is 26.0 Å². The quantitative estimate of drug-likeness (QED) is 0.189. The molecule has 56 heavy (non-hydrogen) atoms. The van der Waals surface area contributed by atoms with Crippen molar-refractivity contribution in [1.82, 2.24) is 4.90 Å². The van der Waals surface area contributed by atoms with Crippen LogP contribution in [0.3, 0.4) is 0 Å². The lowest BCUT2D eigenvalue weighted by Gasteiger charge is -2.46. The average molecular weight is 790 g/mol. The standard InChI is InChI=1S/C43H67NO12/c1-9-13-30-20-25(2)14-12-16-35(52-6)39-37(54-8)22-27(4)43(51,56-39)40(48)41(49)44-19-11-10-15-31(44)42(50)55-38(28(5)33(46)24-34(30)47)26(3)21-29-17-18-32(45)36(23-29)53-7/h9,20-21,27-33,35-39,45-46,51H,1,10-19,22-24H2,2-8H3/b25-20+,26-21+/t27-,28-,29+,30+,31+,32-,33+,35+,36-,37+,38-,39-,43-/m1/s1. The maximum Gasteiger partial charge on any atom is 0.329 e. The van der Waals surface area contributed by atoms with Gasteiger partial charge in [-0.15, -0.1) is 6.58 Å². The zero-order chi connectivity index (χ0) is 41.3. The molecule has 13 atom stereocenters. The van der Waals surface area contributed by atoms with E-state index in [0.29, 0.717) is 63.4 Å². The van der Waals surface area contributed by atoms with Crippen LogP contribution in [0.4, 0.5) is 0 Å². The van der Waals surface area contributed by atoms with Gasteiger partial charge in [0.25, 0.3) is 11.7 Å². The SMILES string of the molecule is C=CC[C@H]1/C=C(\C)CCC[C@H](OC)[C@H]2O[C@@](O)(C(=O)C(=O)N3CCCC[C@H]3C(=O)O[C@H](/C(C)=C/[C@@H]3CC[C@@H](O)[C@H](OC)C3)[C@H](C)[C@@H](O)CC1=O)[C@H](C)C[C@@H]2OC. The molecule has 2 bridgehead atoms. The van der Waals surface area contributed by atoms with Crippen LogP contribution in [0, 0.1) is 23.7 Å². The monoisotopic (exact) mass is 789 g/mol. The van der Waals surface area contributed by atoms with Gasteiger partial charge in [-0.2, -0.15) is 0 Å². The second kappa shape index (κ2) is 20.8. The lowest BCUT2D eigenvalue weighted by molar-refractivity contribution is -0.302. The summed E-state index contributed by atoms with van der Waals surface area (Å²) >= 11 is 0. The number of carbonyl (C=O) groups excluding carboxylic acids is 4. The molecule has 13 nitrogen and oxygen atoms in total. The van der Waals surface area contributed by atoms with Crippen molar-refractivity contribution in [3.63, 3.8) is 0 Å². The highest BCUT2D eigenvalue weighted by Gasteiger charge is 2.56. The van der Waals surface area contributed by atoms with Crippen LogP contribution in [0.5, 0.6) is 0 Å². The minimum Gasteiger partial charge on any atom is -0.456 e. The first kappa shape index (κ1) is 45.9. The van der Waals surface area contributed by atoms with Crippen molar-refractivity contribution in [2.45, 2.75) is 159 Å². The van der Waals surface area contributed by atoms with E-state index in [4.69, 9.17) is 23.7 Å². The molecule has 1 saturated carbocycles. The van der Waals surface area contributed by atoms with Gasteiger partial charge in [0.1, 0.15) is 24.0 Å². The Hall–Kier alpha value is -2.78. The van der Waals surface area contributed by atoms with Crippen LogP contribution < -0.4 is 0 Å². The Bertz CT molecular complexity index is 1450. The van der Waals surface area contributed by atoms with Crippen molar-refractivity contribution in [3.8, 4) is 0 Å². The fourth-order valence-electron chi connectivity index (χ4n) is 9.04. The van der Waals surface area contributed by atoms with E-state index in [-0.39, 0.29) is 43.6 Å². The first-order chi connectivity index (χ1) is 26.6. The first-order valence-corrected chi connectivity index (χ1v) is 20.5. The number of ether oxygens (including phenoxy) is 5. The van der Waals surface area contributed by atoms with Crippen LogP contribution in [0.25, 0.3) is 0 Å². The number of ketones is 2. The number of amides is 1. The number of hydrogen-bond donors (Lipinski definition) is 3. The van der Waals surface area contributed by atoms with Crippen LogP contribution in [0.2, 0.25) is 0 Å². The molecule has 0 unspecified atom stereocenters. The summed E-state index contributed by atoms with van der Waals surface area (Å²) in [6.45, 7) is 11.1. The van der Waals surface area contributed by atoms with Gasteiger partial charge in [0.05, 0.1) is 30.5 Å². The molecule has 2 saturated heterocycles. The minimum absolute atomic E-state index is 0.00825. The van der Waals surface area contributed by atoms with E-state index in [1.165, 1.54) is 19.1 Å². The van der Waals surface area contributed by atoms with Gasteiger partial charge in [-0.3, -0.25) is 14.4 Å². The molecule has 0 aromatic carbocycles. The maximum absolute atomic E-state index is 14.3. The van der Waals surface area contributed by atoms with Crippen LogP contribution in [0.1, 0.15) is 105 Å². The maximum atomic E-state index is 14.3. The average Bonchev–Trinajstić information content (AvgIpc) is 3.18. The molecule has 1 aliphatic carbocycles. The number of fused-ring (bicyclic) bond motifs is 3. The zero-order valence-corrected chi connectivity index (χ0v) is 34.5. The third-order valence-corrected chi connectivity index (χ3v) is 12.6. The minimum atomic E-state index is -2.50. The molecule has 1 amide bonds. The van der Waals surface area contributed by atoms with Gasteiger partial charge in [0, 0.05) is 52.0 Å². The molecular weight excluding hydrogens is 722 g/mol. The molecule has 0 radical (unpaired) electrons. The Morgan fingerprint density at radius 3 is 2.30 bits per heavy atom. The molecule has 3 heterocycles. The molecule has 0 aromatic heterocycles. The van der Waals surface area contributed by atoms with Gasteiger partial charge >= 0.3 is 5.97 Å². The van der Waals surface area contributed by atoms with Crippen molar-refractivity contribution in [2.24, 2.45) is 23.7 Å². The molecule has 0 aromatic rings. The van der Waals surface area contributed by atoms with Crippen molar-refractivity contribution in [3.05, 3.63) is 36.0 Å². The summed E-state index contributed by atoms with van der Waals surface area (Å²) in [5.74, 6) is -7.73. The number of esters is 1. The highest BCUT2D eigenvalue weighted by molar-refractivity contribution is 6.39. The van der Waals surface area contributed by atoms with Gasteiger partial charge < -0.3 is 43.9 Å². The van der Waals surface area contributed by atoms with Crippen LogP contribution in [-0.4, -0.2) is 126 Å². The predicted octanol–water partition coefficient (Wildman–Crippen LogP) is 4.39. The predicted molar refractivity (Wildman–Crippen MR) is 208 cm³/mol. The van der Waals surface area contributed by atoms with E-state index in [1.54, 1.807) is 27.0 Å². The van der Waals surface area contributed by atoms with E-state index in [2.05, 4.69) is 6.58 Å². The Kier molecular flexibility index (Phi) is 17.0. The molecule has 3 fully saturated rings. The second-order valence-corrected chi connectivity index (χ2v) is 16.6. The number of nitrogens with zero attached hydrogens (tertiary/aromatic N) is 1. The van der Waals surface area contributed by atoms with Crippen LogP contribution in [0.15, 0.2) is 36.0 Å². The van der Waals surface area contributed by atoms with Gasteiger partial charge in [-0.05, 0) is 96.0 Å². The van der Waals surface area contributed by atoms with E-state index in [9.17, 15) is 34.5 Å². The number of allylic oxidation sites excluding steroid dienone is 4. The van der Waals surface area contributed by atoms with Crippen molar-refractivity contribution < 1.29 is 58.2 Å². The normalized spacial score (nSPS) is 40.1. The zero-order valence-electron chi connectivity index (χ0n) is 34.5. The fourth-order valence-corrected chi connectivity index (χ4v) is 9.04. The molecular formula is C43H67NO12. The lowest BCUT2D eigenvalue weighted by Crippen LogP contribution is -2.64. The molecule has 13 heteroatoms. The van der Waals surface area contributed by atoms with Gasteiger partial charge in [0.2, 0.25) is 5.79 Å². The third-order valence-electron chi connectivity index (χ3n) is 12.6. The number of aliphatic hydroxyl groups is 3. The number of rotatable bonds is 7. The van der Waals surface area contributed by atoms with Gasteiger partial charge in [0.15, 0.2) is 0 Å². The summed E-state index contributed by atoms with van der Waals surface area (Å²) in [5, 5.41) is 34.0. The van der Waals surface area contributed by atoms with Crippen molar-refractivity contribution >= 4 is 23.4 Å². The van der Waals surface area contributed by atoms with Crippen LogP contribution in [-0.2, 0) is 42.9 Å². The van der Waals surface area contributed by atoms with E-state index < -0.39 is 83.9 Å². The molecule has 3 aliphatic heterocycles. The number of cyclic esters (lactones) is 1. The number of Topliss-reactive ketones (excluding diaryl/α,β-unsaturated/α-hetero) is 2. The summed E-state index contributed by atoms with van der Waals surface area (Å²) in [4.78, 5) is 57.6. The lowest BCUT2D eigenvalue weighted by atomic mass is 9.81. The summed E-state index contributed by atoms with van der Waals surface area (Å²) in [7, 11) is 4.60. The summed E-state index contributed by atoms with van der Waals surface area (Å²) < 4.78 is 29.6. The Morgan fingerprint density at radius 1 is 0.946 bits per heavy atom. The summed E-state index contributed by atoms with van der Waals surface area (Å²) in [6.07, 6.45) is 5.66. The first-order valence-electron chi connectivity index (χ1n) is 20.5. The molecule has 316 valence electrons. The molecule has 3 N–H and O–H groups in total. The van der Waals surface area contributed by atoms with Crippen molar-refractivity contribution in [2.75, 3.05) is 27.9 Å². The Balaban J connectivity index is 1.76. The number of piperidine rings is 1. The topological polar surface area (TPSA) is 178 Å². The smallest absolute Gasteiger partial charge is 0.329 e. The molecule has 4 rings (SSSR count). The Labute approximate surface area is 332 Å².